The molecule has 0 aromatic heterocycles. The number of rotatable bonds is 3. The summed E-state index contributed by atoms with van der Waals surface area (Å²) in [5, 5.41) is 0.790. The SMILES string of the molecule is N[C@@H](CC1CC1)c1cc(Cl)cc(I)c1. The Morgan fingerprint density at radius 3 is 2.71 bits per heavy atom. The van der Waals surface area contributed by atoms with Gasteiger partial charge in [0.1, 0.15) is 0 Å². The summed E-state index contributed by atoms with van der Waals surface area (Å²) >= 11 is 8.26. The van der Waals surface area contributed by atoms with Crippen molar-refractivity contribution in [1.82, 2.24) is 0 Å². The largest absolute Gasteiger partial charge is 0.324 e. The van der Waals surface area contributed by atoms with Crippen LogP contribution in [-0.4, -0.2) is 0 Å². The van der Waals surface area contributed by atoms with Gasteiger partial charge in [0.2, 0.25) is 0 Å². The molecule has 76 valence electrons. The molecule has 1 saturated carbocycles. The molecule has 2 N–H and O–H groups in total. The zero-order valence-corrected chi connectivity index (χ0v) is 10.8. The van der Waals surface area contributed by atoms with Crippen LogP contribution in [0.15, 0.2) is 18.2 Å². The smallest absolute Gasteiger partial charge is 0.0419 e. The molecule has 0 saturated heterocycles. The quantitative estimate of drug-likeness (QED) is 0.843. The van der Waals surface area contributed by atoms with E-state index < -0.39 is 0 Å². The van der Waals surface area contributed by atoms with E-state index in [1.807, 2.05) is 12.1 Å². The van der Waals surface area contributed by atoms with E-state index in [1.165, 1.54) is 18.4 Å². The Balaban J connectivity index is 2.12. The highest BCUT2D eigenvalue weighted by Crippen LogP contribution is 2.37. The van der Waals surface area contributed by atoms with Gasteiger partial charge in [-0.3, -0.25) is 0 Å². The standard InChI is InChI=1S/C11H13ClIN/c12-9-4-8(5-10(13)6-9)11(14)3-7-1-2-7/h4-7,11H,1-3,14H2/t11-/m0/s1. The summed E-state index contributed by atoms with van der Waals surface area (Å²) in [5.74, 6) is 0.863. The maximum Gasteiger partial charge on any atom is 0.0419 e. The van der Waals surface area contributed by atoms with Gasteiger partial charge in [-0.15, -0.1) is 0 Å². The summed E-state index contributed by atoms with van der Waals surface area (Å²) in [6.45, 7) is 0. The van der Waals surface area contributed by atoms with Crippen molar-refractivity contribution in [3.05, 3.63) is 32.4 Å². The van der Waals surface area contributed by atoms with Gasteiger partial charge in [0.25, 0.3) is 0 Å². The Hall–Kier alpha value is 0.200. The van der Waals surface area contributed by atoms with E-state index in [0.717, 1.165) is 20.9 Å². The van der Waals surface area contributed by atoms with Crippen LogP contribution in [0, 0.1) is 9.49 Å². The Morgan fingerprint density at radius 1 is 1.43 bits per heavy atom. The lowest BCUT2D eigenvalue weighted by Crippen LogP contribution is -2.11. The highest BCUT2D eigenvalue weighted by atomic mass is 127. The minimum absolute atomic E-state index is 0.162. The molecule has 0 bridgehead atoms. The van der Waals surface area contributed by atoms with Gasteiger partial charge < -0.3 is 5.73 Å². The number of hydrogen-bond acceptors (Lipinski definition) is 1. The summed E-state index contributed by atoms with van der Waals surface area (Å²) < 4.78 is 1.16. The summed E-state index contributed by atoms with van der Waals surface area (Å²) in [4.78, 5) is 0. The monoisotopic (exact) mass is 321 g/mol. The van der Waals surface area contributed by atoms with Gasteiger partial charge in [-0.1, -0.05) is 24.4 Å². The number of halogens is 2. The Labute approximate surface area is 103 Å². The molecule has 1 aromatic carbocycles. The summed E-state index contributed by atoms with van der Waals surface area (Å²) in [6, 6.07) is 6.22. The lowest BCUT2D eigenvalue weighted by Gasteiger charge is -2.12. The van der Waals surface area contributed by atoms with Crippen molar-refractivity contribution < 1.29 is 0 Å². The second kappa shape index (κ2) is 4.37. The summed E-state index contributed by atoms with van der Waals surface area (Å²) in [7, 11) is 0. The van der Waals surface area contributed by atoms with Crippen LogP contribution in [0.1, 0.15) is 30.9 Å². The first-order chi connectivity index (χ1) is 6.65. The fraction of sp³-hybridized carbons (Fsp3) is 0.455. The van der Waals surface area contributed by atoms with Gasteiger partial charge in [0, 0.05) is 14.6 Å². The molecule has 2 rings (SSSR count). The molecule has 1 aliphatic carbocycles. The van der Waals surface area contributed by atoms with Crippen LogP contribution < -0.4 is 5.73 Å². The fourth-order valence-corrected chi connectivity index (χ4v) is 2.76. The molecule has 1 nitrogen and oxygen atoms in total. The van der Waals surface area contributed by atoms with E-state index in [1.54, 1.807) is 0 Å². The maximum atomic E-state index is 6.11. The molecule has 0 heterocycles. The fourth-order valence-electron chi connectivity index (χ4n) is 1.64. The zero-order chi connectivity index (χ0) is 10.1. The van der Waals surface area contributed by atoms with Crippen molar-refractivity contribution in [1.29, 1.82) is 0 Å². The molecule has 1 atom stereocenters. The van der Waals surface area contributed by atoms with Crippen molar-refractivity contribution in [2.75, 3.05) is 0 Å². The van der Waals surface area contributed by atoms with E-state index in [2.05, 4.69) is 28.7 Å². The molecular formula is C11H13ClIN. The molecule has 1 aliphatic rings. The molecule has 1 fully saturated rings. The van der Waals surface area contributed by atoms with Gasteiger partial charge in [-0.25, -0.2) is 0 Å². The van der Waals surface area contributed by atoms with E-state index in [4.69, 9.17) is 17.3 Å². The van der Waals surface area contributed by atoms with Crippen molar-refractivity contribution in [3.8, 4) is 0 Å². The highest BCUT2D eigenvalue weighted by Gasteiger charge is 2.24. The third-order valence-corrected chi connectivity index (χ3v) is 3.44. The van der Waals surface area contributed by atoms with Crippen molar-refractivity contribution in [2.45, 2.75) is 25.3 Å². The average molecular weight is 322 g/mol. The summed E-state index contributed by atoms with van der Waals surface area (Å²) in [6.07, 6.45) is 3.81. The second-order valence-electron chi connectivity index (χ2n) is 3.99. The van der Waals surface area contributed by atoms with Crippen LogP contribution in [0.25, 0.3) is 0 Å². The molecule has 1 aromatic rings. The van der Waals surface area contributed by atoms with Crippen LogP contribution in [0.2, 0.25) is 5.02 Å². The van der Waals surface area contributed by atoms with Crippen LogP contribution in [0.3, 0.4) is 0 Å². The number of hydrogen-bond donors (Lipinski definition) is 1. The predicted octanol–water partition coefficient (Wildman–Crippen LogP) is 3.74. The summed E-state index contributed by atoms with van der Waals surface area (Å²) in [5.41, 5.74) is 7.29. The van der Waals surface area contributed by atoms with E-state index in [9.17, 15) is 0 Å². The average Bonchev–Trinajstić information content (AvgIpc) is 2.86. The van der Waals surface area contributed by atoms with Gasteiger partial charge in [-0.05, 0) is 58.7 Å². The molecule has 0 amide bonds. The second-order valence-corrected chi connectivity index (χ2v) is 5.67. The minimum atomic E-state index is 0.162. The van der Waals surface area contributed by atoms with E-state index in [0.29, 0.717) is 0 Å². The van der Waals surface area contributed by atoms with Crippen molar-refractivity contribution in [3.63, 3.8) is 0 Å². The van der Waals surface area contributed by atoms with E-state index >= 15 is 0 Å². The Bertz CT molecular complexity index is 316. The normalized spacial score (nSPS) is 18.2. The predicted molar refractivity (Wildman–Crippen MR) is 68.4 cm³/mol. The first kappa shape index (κ1) is 10.7. The highest BCUT2D eigenvalue weighted by molar-refractivity contribution is 14.1. The number of nitrogens with two attached hydrogens (primary N) is 1. The van der Waals surface area contributed by atoms with Crippen molar-refractivity contribution >= 4 is 34.2 Å². The van der Waals surface area contributed by atoms with Crippen LogP contribution in [0.4, 0.5) is 0 Å². The van der Waals surface area contributed by atoms with E-state index in [-0.39, 0.29) is 6.04 Å². The van der Waals surface area contributed by atoms with Crippen LogP contribution in [-0.2, 0) is 0 Å². The third kappa shape index (κ3) is 2.84. The lowest BCUT2D eigenvalue weighted by atomic mass is 10.0. The Kier molecular flexibility index (Phi) is 3.34. The molecule has 0 spiro atoms. The molecule has 3 heteroatoms. The van der Waals surface area contributed by atoms with Crippen LogP contribution in [0.5, 0.6) is 0 Å². The van der Waals surface area contributed by atoms with Gasteiger partial charge >= 0.3 is 0 Å². The van der Waals surface area contributed by atoms with Gasteiger partial charge in [0.15, 0.2) is 0 Å². The number of benzene rings is 1. The first-order valence-corrected chi connectivity index (χ1v) is 6.32. The molecule has 14 heavy (non-hydrogen) atoms. The molecule has 0 unspecified atom stereocenters. The maximum absolute atomic E-state index is 6.11. The van der Waals surface area contributed by atoms with Gasteiger partial charge in [0.05, 0.1) is 0 Å². The van der Waals surface area contributed by atoms with Crippen molar-refractivity contribution in [2.24, 2.45) is 11.7 Å². The Morgan fingerprint density at radius 2 is 2.14 bits per heavy atom. The third-order valence-electron chi connectivity index (χ3n) is 2.60. The minimum Gasteiger partial charge on any atom is -0.324 e. The zero-order valence-electron chi connectivity index (χ0n) is 7.84. The molecular weight excluding hydrogens is 308 g/mol. The van der Waals surface area contributed by atoms with Gasteiger partial charge in [-0.2, -0.15) is 0 Å². The van der Waals surface area contributed by atoms with Crippen LogP contribution >= 0.6 is 34.2 Å². The first-order valence-electron chi connectivity index (χ1n) is 4.87. The topological polar surface area (TPSA) is 26.0 Å². The molecule has 0 radical (unpaired) electrons. The lowest BCUT2D eigenvalue weighted by molar-refractivity contribution is 0.597. The molecule has 0 aliphatic heterocycles.